The van der Waals surface area contributed by atoms with Crippen molar-refractivity contribution < 1.29 is 13.6 Å². The Hall–Kier alpha value is -2.49. The molecule has 1 aromatic carbocycles. The number of hydrogen-bond acceptors (Lipinski definition) is 7. The molecule has 7 nitrogen and oxygen atoms in total. The van der Waals surface area contributed by atoms with Crippen molar-refractivity contribution in [1.29, 1.82) is 0 Å². The summed E-state index contributed by atoms with van der Waals surface area (Å²) >= 11 is 0.932. The summed E-state index contributed by atoms with van der Waals surface area (Å²) in [5.41, 5.74) is 10.3. The molecule has 1 atom stereocenters. The van der Waals surface area contributed by atoms with Crippen LogP contribution < -0.4 is 16.8 Å². The third-order valence-electron chi connectivity index (χ3n) is 2.51. The molecule has 0 saturated heterocycles. The van der Waals surface area contributed by atoms with E-state index in [2.05, 4.69) is 20.3 Å². The quantitative estimate of drug-likeness (QED) is 0.727. The van der Waals surface area contributed by atoms with Crippen LogP contribution in [0.4, 0.5) is 26.4 Å². The van der Waals surface area contributed by atoms with E-state index in [1.165, 1.54) is 13.0 Å². The van der Waals surface area contributed by atoms with Gasteiger partial charge in [0.25, 0.3) is 0 Å². The van der Waals surface area contributed by atoms with Gasteiger partial charge in [-0.25, -0.2) is 8.78 Å². The van der Waals surface area contributed by atoms with Crippen molar-refractivity contribution in [3.8, 4) is 0 Å². The fourth-order valence-electron chi connectivity index (χ4n) is 1.49. The predicted octanol–water partition coefficient (Wildman–Crippen LogP) is 1.43. The van der Waals surface area contributed by atoms with Crippen LogP contribution in [0.5, 0.6) is 0 Å². The Balaban J connectivity index is 2.09. The second-order valence-corrected chi connectivity index (χ2v) is 5.49. The van der Waals surface area contributed by atoms with E-state index in [1.54, 1.807) is 0 Å². The number of nitrogen functional groups attached to an aromatic ring is 2. The molecule has 0 radical (unpaired) electrons. The first-order valence-corrected chi connectivity index (χ1v) is 6.93. The van der Waals surface area contributed by atoms with E-state index < -0.39 is 28.5 Å². The fourth-order valence-corrected chi connectivity index (χ4v) is 2.27. The van der Waals surface area contributed by atoms with E-state index in [0.717, 1.165) is 23.9 Å². The molecule has 2 rings (SSSR count). The maximum Gasteiger partial charge on any atom is 0.237 e. The molecule has 1 aromatic heterocycles. The van der Waals surface area contributed by atoms with Gasteiger partial charge in [-0.1, -0.05) is 17.8 Å². The number of carbonyl (C=O) groups excluding carboxylic acids is 1. The lowest BCUT2D eigenvalue weighted by Crippen LogP contribution is -2.24. The molecule has 0 saturated carbocycles. The topological polar surface area (TPSA) is 120 Å². The van der Waals surface area contributed by atoms with Gasteiger partial charge in [-0.2, -0.15) is 15.0 Å². The lowest BCUT2D eigenvalue weighted by atomic mass is 10.3. The van der Waals surface area contributed by atoms with Gasteiger partial charge in [0.15, 0.2) is 5.16 Å². The highest BCUT2D eigenvalue weighted by atomic mass is 32.2. The lowest BCUT2D eigenvalue weighted by molar-refractivity contribution is -0.115. The van der Waals surface area contributed by atoms with Crippen molar-refractivity contribution in [2.45, 2.75) is 17.3 Å². The molecule has 2 aromatic rings. The van der Waals surface area contributed by atoms with Gasteiger partial charge >= 0.3 is 0 Å². The highest BCUT2D eigenvalue weighted by Crippen LogP contribution is 2.23. The summed E-state index contributed by atoms with van der Waals surface area (Å²) in [6.07, 6.45) is 0. The molecule has 0 aliphatic rings. The molecule has 0 fully saturated rings. The smallest absolute Gasteiger partial charge is 0.237 e. The average Bonchev–Trinajstić information content (AvgIpc) is 2.41. The summed E-state index contributed by atoms with van der Waals surface area (Å²) < 4.78 is 27.0. The Kier molecular flexibility index (Phi) is 4.71. The Morgan fingerprint density at radius 3 is 2.27 bits per heavy atom. The number of anilines is 3. The molecule has 22 heavy (non-hydrogen) atoms. The second-order valence-electron chi connectivity index (χ2n) is 4.18. The summed E-state index contributed by atoms with van der Waals surface area (Å²) in [4.78, 5) is 23.2. The van der Waals surface area contributed by atoms with E-state index >= 15 is 0 Å². The van der Waals surface area contributed by atoms with Gasteiger partial charge in [-0.05, 0) is 19.1 Å². The van der Waals surface area contributed by atoms with Crippen LogP contribution in [0.3, 0.4) is 0 Å². The van der Waals surface area contributed by atoms with Crippen molar-refractivity contribution in [3.63, 3.8) is 0 Å². The van der Waals surface area contributed by atoms with Gasteiger partial charge in [-0.15, -0.1) is 0 Å². The summed E-state index contributed by atoms with van der Waals surface area (Å²) in [6.45, 7) is 1.52. The maximum absolute atomic E-state index is 13.5. The van der Waals surface area contributed by atoms with Crippen molar-refractivity contribution >= 4 is 35.3 Å². The van der Waals surface area contributed by atoms with E-state index in [1.807, 2.05) is 0 Å². The molecule has 0 aliphatic carbocycles. The van der Waals surface area contributed by atoms with Crippen LogP contribution in [0.1, 0.15) is 6.92 Å². The molecule has 0 aliphatic heterocycles. The van der Waals surface area contributed by atoms with Crippen molar-refractivity contribution in [3.05, 3.63) is 29.8 Å². The number of halogens is 2. The zero-order valence-electron chi connectivity index (χ0n) is 11.4. The van der Waals surface area contributed by atoms with Gasteiger partial charge in [-0.3, -0.25) is 4.79 Å². The molecule has 0 unspecified atom stereocenters. The molecule has 0 bridgehead atoms. The first-order valence-electron chi connectivity index (χ1n) is 6.05. The number of amides is 1. The van der Waals surface area contributed by atoms with Crippen LogP contribution in [-0.4, -0.2) is 26.1 Å². The van der Waals surface area contributed by atoms with Gasteiger partial charge in [0.05, 0.1) is 5.25 Å². The molecule has 5 N–H and O–H groups in total. The third kappa shape index (κ3) is 3.79. The number of benzene rings is 1. The number of hydrogen-bond donors (Lipinski definition) is 3. The SMILES string of the molecule is C[C@H](Sc1nc(N)nc(N)n1)C(=O)Nc1c(F)cccc1F. The van der Waals surface area contributed by atoms with E-state index in [9.17, 15) is 13.6 Å². The Bertz CT molecular complexity index is 674. The van der Waals surface area contributed by atoms with E-state index in [-0.39, 0.29) is 17.1 Å². The van der Waals surface area contributed by atoms with Gasteiger partial charge in [0.2, 0.25) is 17.8 Å². The zero-order valence-corrected chi connectivity index (χ0v) is 12.2. The minimum absolute atomic E-state index is 0.0808. The van der Waals surface area contributed by atoms with Crippen molar-refractivity contribution in [2.75, 3.05) is 16.8 Å². The van der Waals surface area contributed by atoms with E-state index in [0.29, 0.717) is 0 Å². The normalized spacial score (nSPS) is 12.0. The minimum Gasteiger partial charge on any atom is -0.368 e. The molecule has 1 amide bonds. The van der Waals surface area contributed by atoms with Crippen molar-refractivity contribution in [2.24, 2.45) is 0 Å². The monoisotopic (exact) mass is 326 g/mol. The van der Waals surface area contributed by atoms with Crippen molar-refractivity contribution in [1.82, 2.24) is 15.0 Å². The van der Waals surface area contributed by atoms with Crippen LogP contribution in [0.15, 0.2) is 23.4 Å². The fraction of sp³-hybridized carbons (Fsp3) is 0.167. The summed E-state index contributed by atoms with van der Waals surface area (Å²) in [5, 5.41) is 1.59. The largest absolute Gasteiger partial charge is 0.368 e. The van der Waals surface area contributed by atoms with Gasteiger partial charge in [0, 0.05) is 0 Å². The Labute approximate surface area is 128 Å². The van der Waals surface area contributed by atoms with Crippen LogP contribution in [-0.2, 0) is 4.79 Å². The molecule has 1 heterocycles. The van der Waals surface area contributed by atoms with Crippen LogP contribution in [0, 0.1) is 11.6 Å². The maximum atomic E-state index is 13.5. The number of nitrogens with one attached hydrogen (secondary N) is 1. The summed E-state index contributed by atoms with van der Waals surface area (Å²) in [7, 11) is 0. The summed E-state index contributed by atoms with van der Waals surface area (Å²) in [6, 6.07) is 3.29. The zero-order chi connectivity index (χ0) is 16.3. The predicted molar refractivity (Wildman–Crippen MR) is 79.0 cm³/mol. The van der Waals surface area contributed by atoms with Crippen LogP contribution in [0.2, 0.25) is 0 Å². The molecular formula is C12H12F2N6OS. The highest BCUT2D eigenvalue weighted by Gasteiger charge is 2.20. The number of para-hydroxylation sites is 1. The minimum atomic E-state index is -0.862. The first kappa shape index (κ1) is 15.9. The number of rotatable bonds is 4. The second kappa shape index (κ2) is 6.52. The van der Waals surface area contributed by atoms with Crippen LogP contribution in [0.25, 0.3) is 0 Å². The van der Waals surface area contributed by atoms with Gasteiger partial charge in [0.1, 0.15) is 17.3 Å². The first-order chi connectivity index (χ1) is 10.4. The number of thioether (sulfide) groups is 1. The molecular weight excluding hydrogens is 314 g/mol. The number of nitrogens with two attached hydrogens (primary N) is 2. The molecule has 0 spiro atoms. The third-order valence-corrected chi connectivity index (χ3v) is 3.47. The summed E-state index contributed by atoms with van der Waals surface area (Å²) in [5.74, 6) is -2.50. The average molecular weight is 326 g/mol. The van der Waals surface area contributed by atoms with Gasteiger partial charge < -0.3 is 16.8 Å². The molecule has 10 heteroatoms. The lowest BCUT2D eigenvalue weighted by Gasteiger charge is -2.12. The number of aromatic nitrogens is 3. The van der Waals surface area contributed by atoms with Crippen LogP contribution >= 0.6 is 11.8 Å². The number of nitrogens with zero attached hydrogens (tertiary/aromatic N) is 3. The standard InChI is InChI=1S/C12H12F2N6OS/c1-5(22-12-19-10(15)18-11(16)20-12)9(21)17-8-6(13)3-2-4-7(8)14/h2-5H,1H3,(H,17,21)(H4,15,16,18,19,20)/t5-/m0/s1. The van der Waals surface area contributed by atoms with E-state index in [4.69, 9.17) is 11.5 Å². The highest BCUT2D eigenvalue weighted by molar-refractivity contribution is 8.00. The Morgan fingerprint density at radius 1 is 1.18 bits per heavy atom. The molecule has 116 valence electrons. The number of carbonyl (C=O) groups is 1. The Morgan fingerprint density at radius 2 is 1.73 bits per heavy atom.